The van der Waals surface area contributed by atoms with Gasteiger partial charge in [0.1, 0.15) is 6.04 Å². The molecule has 0 radical (unpaired) electrons. The van der Waals surface area contributed by atoms with Crippen LogP contribution in [-0.4, -0.2) is 80.8 Å². The quantitative estimate of drug-likeness (QED) is 0.244. The molecule has 242 valence electrons. The summed E-state index contributed by atoms with van der Waals surface area (Å²) in [5.74, 6) is -4.59. The first-order valence-corrected chi connectivity index (χ1v) is 14.5. The first-order valence-electron chi connectivity index (χ1n) is 14.5. The van der Waals surface area contributed by atoms with E-state index in [1.54, 1.807) is 68.4 Å². The van der Waals surface area contributed by atoms with Crippen LogP contribution in [0.5, 0.6) is 0 Å². The van der Waals surface area contributed by atoms with Crippen molar-refractivity contribution in [1.29, 1.82) is 0 Å². The second-order valence-electron chi connectivity index (χ2n) is 10.6. The highest BCUT2D eigenvalue weighted by molar-refractivity contribution is 5.92. The van der Waals surface area contributed by atoms with Crippen LogP contribution in [0.2, 0.25) is 0 Å². The van der Waals surface area contributed by atoms with Crippen molar-refractivity contribution in [1.82, 2.24) is 5.32 Å². The molecule has 12 nitrogen and oxygen atoms in total. The third-order valence-electron chi connectivity index (χ3n) is 7.16. The molecule has 4 rings (SSSR count). The minimum atomic E-state index is -1.70. The molecule has 1 amide bonds. The van der Waals surface area contributed by atoms with Crippen LogP contribution in [0.4, 0.5) is 0 Å². The van der Waals surface area contributed by atoms with Gasteiger partial charge in [-0.25, -0.2) is 19.2 Å². The van der Waals surface area contributed by atoms with Crippen molar-refractivity contribution >= 4 is 29.8 Å². The number of carbonyl (C=O) groups excluding carboxylic acids is 5. The highest BCUT2D eigenvalue weighted by Gasteiger charge is 2.55. The van der Waals surface area contributed by atoms with E-state index >= 15 is 0 Å². The van der Waals surface area contributed by atoms with Gasteiger partial charge in [-0.2, -0.15) is 0 Å². The average Bonchev–Trinajstić information content (AvgIpc) is 3.08. The Bertz CT molecular complexity index is 1500. The van der Waals surface area contributed by atoms with E-state index in [-0.39, 0.29) is 16.7 Å². The zero-order chi connectivity index (χ0) is 33.2. The summed E-state index contributed by atoms with van der Waals surface area (Å²) >= 11 is 0. The first-order chi connectivity index (χ1) is 22.1. The molecule has 0 aliphatic carbocycles. The van der Waals surface area contributed by atoms with E-state index in [0.717, 1.165) is 0 Å². The first kappa shape index (κ1) is 33.8. The fourth-order valence-electron chi connectivity index (χ4n) is 4.76. The normalized spacial score (nSPS) is 21.4. The maximum atomic E-state index is 13.8. The van der Waals surface area contributed by atoms with Crippen molar-refractivity contribution in [3.63, 3.8) is 0 Å². The Labute approximate surface area is 265 Å². The molecular formula is C34H35NO11. The molecule has 1 aliphatic heterocycles. The molecule has 3 aromatic rings. The van der Waals surface area contributed by atoms with Gasteiger partial charge in [0, 0.05) is 7.11 Å². The lowest BCUT2D eigenvalue weighted by molar-refractivity contribution is -0.281. The topological polar surface area (TPSA) is 153 Å². The van der Waals surface area contributed by atoms with Gasteiger partial charge < -0.3 is 33.7 Å². The second kappa shape index (κ2) is 15.8. The van der Waals surface area contributed by atoms with Gasteiger partial charge in [-0.05, 0) is 42.3 Å². The lowest BCUT2D eigenvalue weighted by atomic mass is 9.95. The van der Waals surface area contributed by atoms with Gasteiger partial charge >= 0.3 is 23.9 Å². The molecule has 12 heteroatoms. The molecule has 3 aromatic carbocycles. The summed E-state index contributed by atoms with van der Waals surface area (Å²) in [7, 11) is 2.41. The third kappa shape index (κ3) is 8.14. The Morgan fingerprint density at radius 1 is 0.630 bits per heavy atom. The van der Waals surface area contributed by atoms with Crippen molar-refractivity contribution in [3.05, 3.63) is 108 Å². The molecule has 1 N–H and O–H groups in total. The SMILES string of the molecule is COC(=O)[C@@H](NC(=O)[C@H]1O[C@H](OC)[C@H](OC(=O)c2ccccc2)[C@@H](OC(=O)c2ccccc2)[C@@H]1OC(=O)c1ccccc1)C(C)C. The molecule has 1 aliphatic rings. The van der Waals surface area contributed by atoms with Crippen LogP contribution in [0, 0.1) is 5.92 Å². The number of hydrogen-bond acceptors (Lipinski definition) is 11. The summed E-state index contributed by atoms with van der Waals surface area (Å²) < 4.78 is 33.8. The van der Waals surface area contributed by atoms with Gasteiger partial charge in [0.2, 0.25) is 0 Å². The second-order valence-corrected chi connectivity index (χ2v) is 10.6. The van der Waals surface area contributed by atoms with E-state index in [2.05, 4.69) is 5.32 Å². The lowest BCUT2D eigenvalue weighted by Crippen LogP contribution is -2.66. The molecule has 0 bridgehead atoms. The van der Waals surface area contributed by atoms with Crippen LogP contribution >= 0.6 is 0 Å². The highest BCUT2D eigenvalue weighted by Crippen LogP contribution is 2.31. The van der Waals surface area contributed by atoms with Gasteiger partial charge in [0.25, 0.3) is 5.91 Å². The molecule has 1 fully saturated rings. The van der Waals surface area contributed by atoms with E-state index in [4.69, 9.17) is 28.4 Å². The van der Waals surface area contributed by atoms with Crippen LogP contribution in [0.15, 0.2) is 91.0 Å². The summed E-state index contributed by atoms with van der Waals surface area (Å²) in [6.07, 6.45) is -8.03. The van der Waals surface area contributed by atoms with Crippen molar-refractivity contribution in [2.24, 2.45) is 5.92 Å². The molecule has 0 unspecified atom stereocenters. The number of nitrogens with one attached hydrogen (secondary N) is 1. The lowest BCUT2D eigenvalue weighted by Gasteiger charge is -2.43. The number of rotatable bonds is 11. The van der Waals surface area contributed by atoms with Crippen LogP contribution in [0.1, 0.15) is 44.9 Å². The van der Waals surface area contributed by atoms with E-state index in [1.807, 2.05) is 0 Å². The molecule has 46 heavy (non-hydrogen) atoms. The monoisotopic (exact) mass is 633 g/mol. The predicted octanol–water partition coefficient (Wildman–Crippen LogP) is 3.35. The average molecular weight is 634 g/mol. The molecule has 0 aromatic heterocycles. The highest BCUT2D eigenvalue weighted by atomic mass is 16.7. The van der Waals surface area contributed by atoms with Crippen LogP contribution < -0.4 is 5.32 Å². The van der Waals surface area contributed by atoms with Crippen molar-refractivity contribution in [2.45, 2.75) is 50.6 Å². The maximum Gasteiger partial charge on any atom is 0.338 e. The number of methoxy groups -OCH3 is 2. The van der Waals surface area contributed by atoms with Crippen molar-refractivity contribution in [2.75, 3.05) is 14.2 Å². The number of hydrogen-bond donors (Lipinski definition) is 1. The predicted molar refractivity (Wildman–Crippen MR) is 161 cm³/mol. The van der Waals surface area contributed by atoms with E-state index in [0.29, 0.717) is 0 Å². The minimum absolute atomic E-state index is 0.121. The molecule has 0 saturated carbocycles. The Hall–Kier alpha value is -5.07. The van der Waals surface area contributed by atoms with Crippen LogP contribution in [0.25, 0.3) is 0 Å². The van der Waals surface area contributed by atoms with Gasteiger partial charge in [-0.1, -0.05) is 68.4 Å². The fraction of sp³-hybridized carbons (Fsp3) is 0.324. The Morgan fingerprint density at radius 2 is 1.04 bits per heavy atom. The zero-order valence-corrected chi connectivity index (χ0v) is 25.7. The van der Waals surface area contributed by atoms with E-state index < -0.39 is 72.5 Å². The van der Waals surface area contributed by atoms with E-state index in [1.165, 1.54) is 50.6 Å². The van der Waals surface area contributed by atoms with Crippen LogP contribution in [0.3, 0.4) is 0 Å². The summed E-state index contributed by atoms with van der Waals surface area (Å²) in [5, 5.41) is 2.58. The molecule has 0 spiro atoms. The zero-order valence-electron chi connectivity index (χ0n) is 25.7. The number of benzene rings is 3. The fourth-order valence-corrected chi connectivity index (χ4v) is 4.76. The number of amides is 1. The molecule has 1 saturated heterocycles. The maximum absolute atomic E-state index is 13.8. The Morgan fingerprint density at radius 3 is 1.43 bits per heavy atom. The standard InChI is InChI=1S/C34H35NO11/c1-20(2)24(33(40)41-3)35-29(36)27-25(43-30(37)21-14-8-5-9-15-21)26(44-31(38)22-16-10-6-11-17-22)28(34(42-4)46-27)45-32(39)23-18-12-7-13-19-23/h5-20,24-28,34H,1-4H3,(H,35,36)/t24-,25-,26-,27-,28+,34-/m0/s1. The van der Waals surface area contributed by atoms with Gasteiger partial charge in [0.05, 0.1) is 23.8 Å². The van der Waals surface area contributed by atoms with Crippen molar-refractivity contribution < 1.29 is 52.4 Å². The van der Waals surface area contributed by atoms with Crippen LogP contribution in [-0.2, 0) is 38.0 Å². The smallest absolute Gasteiger partial charge is 0.338 e. The number of carbonyl (C=O) groups is 5. The van der Waals surface area contributed by atoms with Gasteiger partial charge in [-0.3, -0.25) is 4.79 Å². The molecular weight excluding hydrogens is 598 g/mol. The Balaban J connectivity index is 1.78. The minimum Gasteiger partial charge on any atom is -0.467 e. The van der Waals surface area contributed by atoms with Gasteiger partial charge in [0.15, 0.2) is 30.7 Å². The summed E-state index contributed by atoms with van der Waals surface area (Å²) in [5.41, 5.74) is 0.424. The van der Waals surface area contributed by atoms with Gasteiger partial charge in [-0.15, -0.1) is 0 Å². The third-order valence-corrected chi connectivity index (χ3v) is 7.16. The Kier molecular flexibility index (Phi) is 11.6. The number of esters is 4. The summed E-state index contributed by atoms with van der Waals surface area (Å²) in [6, 6.07) is 22.7. The molecule has 6 atom stereocenters. The summed E-state index contributed by atoms with van der Waals surface area (Å²) in [6.45, 7) is 3.38. The largest absolute Gasteiger partial charge is 0.467 e. The van der Waals surface area contributed by atoms with E-state index in [9.17, 15) is 24.0 Å². The molecule has 1 heterocycles. The summed E-state index contributed by atoms with van der Waals surface area (Å²) in [4.78, 5) is 66.4. The number of ether oxygens (including phenoxy) is 6. The van der Waals surface area contributed by atoms with Crippen molar-refractivity contribution in [3.8, 4) is 0 Å².